The summed E-state index contributed by atoms with van der Waals surface area (Å²) in [5, 5.41) is 29.2. The fraction of sp³-hybridized carbons (Fsp3) is 0.133. The first-order chi connectivity index (χ1) is 11.7. The number of hydrogen-bond acceptors (Lipinski definition) is 7. The molecule has 130 valence electrons. The number of nitrogens with zero attached hydrogens (tertiary/aromatic N) is 2. The van der Waals surface area contributed by atoms with Gasteiger partial charge in [0.2, 0.25) is 0 Å². The summed E-state index contributed by atoms with van der Waals surface area (Å²) in [5.74, 6) is -0.688. The second-order valence-corrected chi connectivity index (χ2v) is 4.83. The molecule has 0 radical (unpaired) electrons. The Balaban J connectivity index is 2.91. The predicted octanol–water partition coefficient (Wildman–Crippen LogP) is 3.39. The second-order valence-electron chi connectivity index (χ2n) is 4.83. The number of aromatic nitrogens is 1. The highest BCUT2D eigenvalue weighted by Gasteiger charge is 2.28. The van der Waals surface area contributed by atoms with Gasteiger partial charge in [0.15, 0.2) is 11.5 Å². The lowest BCUT2D eigenvalue weighted by molar-refractivity contribution is -0.384. The number of pyridine rings is 1. The number of nitro groups is 1. The third kappa shape index (κ3) is 3.63. The molecule has 0 aliphatic heterocycles. The molecule has 1 aromatic carbocycles. The van der Waals surface area contributed by atoms with Gasteiger partial charge in [-0.2, -0.15) is 0 Å². The first kappa shape index (κ1) is 17.7. The Bertz CT molecular complexity index is 838. The summed E-state index contributed by atoms with van der Waals surface area (Å²) in [5.41, 5.74) is -0.412. The van der Waals surface area contributed by atoms with Crippen LogP contribution in [-0.2, 0) is 0 Å². The first-order valence-corrected chi connectivity index (χ1v) is 6.79. The van der Waals surface area contributed by atoms with Gasteiger partial charge in [0.1, 0.15) is 0 Å². The van der Waals surface area contributed by atoms with Gasteiger partial charge < -0.3 is 19.7 Å². The zero-order valence-corrected chi connectivity index (χ0v) is 13.0. The average Bonchev–Trinajstić information content (AvgIpc) is 2.51. The number of carboxylic acid groups (broad SMARTS) is 2. The molecule has 0 saturated carbocycles. The molecular formula is C15H12N2O8. The van der Waals surface area contributed by atoms with Crippen LogP contribution in [-0.4, -0.2) is 32.4 Å². The van der Waals surface area contributed by atoms with Crippen molar-refractivity contribution in [3.63, 3.8) is 0 Å². The highest BCUT2D eigenvalue weighted by Crippen LogP contribution is 2.45. The van der Waals surface area contributed by atoms with Gasteiger partial charge in [-0.05, 0) is 19.9 Å². The molecule has 1 aromatic heterocycles. The highest BCUT2D eigenvalue weighted by molar-refractivity contribution is 5.87. The third-order valence-electron chi connectivity index (χ3n) is 3.20. The van der Waals surface area contributed by atoms with Crippen molar-refractivity contribution >= 4 is 18.0 Å². The molecule has 2 N–H and O–H groups in total. The van der Waals surface area contributed by atoms with E-state index >= 15 is 0 Å². The van der Waals surface area contributed by atoms with E-state index in [1.54, 1.807) is 0 Å². The SMILES string of the molecule is Cc1nc(C)c(OC(=O)O)c(-c2ccccc2[N+](=O)[O-])c1OC(=O)O. The van der Waals surface area contributed by atoms with Crippen molar-refractivity contribution in [2.75, 3.05) is 0 Å². The van der Waals surface area contributed by atoms with E-state index in [1.807, 2.05) is 0 Å². The van der Waals surface area contributed by atoms with Crippen molar-refractivity contribution in [2.24, 2.45) is 0 Å². The van der Waals surface area contributed by atoms with Crippen LogP contribution in [0, 0.1) is 24.0 Å². The summed E-state index contributed by atoms with van der Waals surface area (Å²) in [4.78, 5) is 36.6. The van der Waals surface area contributed by atoms with Crippen molar-refractivity contribution in [3.8, 4) is 22.6 Å². The molecule has 0 bridgehead atoms. The van der Waals surface area contributed by atoms with Crippen molar-refractivity contribution in [1.82, 2.24) is 4.98 Å². The lowest BCUT2D eigenvalue weighted by Crippen LogP contribution is -2.12. The molecule has 0 saturated heterocycles. The van der Waals surface area contributed by atoms with Crippen LogP contribution < -0.4 is 9.47 Å². The molecule has 0 spiro atoms. The van der Waals surface area contributed by atoms with Crippen LogP contribution in [0.5, 0.6) is 11.5 Å². The molecule has 0 aliphatic carbocycles. The normalized spacial score (nSPS) is 10.2. The molecule has 0 amide bonds. The fourth-order valence-corrected chi connectivity index (χ4v) is 2.33. The van der Waals surface area contributed by atoms with Crippen LogP contribution in [0.3, 0.4) is 0 Å². The van der Waals surface area contributed by atoms with Crippen molar-refractivity contribution in [2.45, 2.75) is 13.8 Å². The van der Waals surface area contributed by atoms with Crippen molar-refractivity contribution < 1.29 is 34.2 Å². The van der Waals surface area contributed by atoms with Gasteiger partial charge >= 0.3 is 12.3 Å². The number of para-hydroxylation sites is 1. The lowest BCUT2D eigenvalue weighted by atomic mass is 10.00. The maximum absolute atomic E-state index is 11.3. The topological polar surface area (TPSA) is 149 Å². The molecule has 10 heteroatoms. The predicted molar refractivity (Wildman–Crippen MR) is 83.1 cm³/mol. The van der Waals surface area contributed by atoms with E-state index in [1.165, 1.54) is 38.1 Å². The monoisotopic (exact) mass is 348 g/mol. The summed E-state index contributed by atoms with van der Waals surface area (Å²) in [7, 11) is 0. The van der Waals surface area contributed by atoms with Gasteiger partial charge in [0, 0.05) is 6.07 Å². The third-order valence-corrected chi connectivity index (χ3v) is 3.20. The molecule has 0 aliphatic rings. The van der Waals surface area contributed by atoms with Gasteiger partial charge in [-0.3, -0.25) is 15.1 Å². The van der Waals surface area contributed by atoms with Gasteiger partial charge in [0.05, 0.1) is 27.4 Å². The average molecular weight is 348 g/mol. The van der Waals surface area contributed by atoms with Crippen molar-refractivity contribution in [1.29, 1.82) is 0 Å². The molecule has 0 unspecified atom stereocenters. The smallest absolute Gasteiger partial charge is 0.449 e. The summed E-state index contributed by atoms with van der Waals surface area (Å²) < 4.78 is 9.40. The van der Waals surface area contributed by atoms with E-state index in [0.29, 0.717) is 0 Å². The first-order valence-electron chi connectivity index (χ1n) is 6.79. The van der Waals surface area contributed by atoms with Gasteiger partial charge in [-0.1, -0.05) is 12.1 Å². The van der Waals surface area contributed by atoms with Gasteiger partial charge in [-0.15, -0.1) is 0 Å². The molecule has 25 heavy (non-hydrogen) atoms. The van der Waals surface area contributed by atoms with Crippen molar-refractivity contribution in [3.05, 3.63) is 45.8 Å². The zero-order valence-electron chi connectivity index (χ0n) is 13.0. The maximum Gasteiger partial charge on any atom is 0.511 e. The Kier molecular flexibility index (Phi) is 4.82. The van der Waals surface area contributed by atoms with E-state index in [4.69, 9.17) is 19.7 Å². The van der Waals surface area contributed by atoms with Gasteiger partial charge in [-0.25, -0.2) is 9.59 Å². The highest BCUT2D eigenvalue weighted by atomic mass is 16.7. The number of nitro benzene ring substituents is 1. The van der Waals surface area contributed by atoms with Crippen LogP contribution >= 0.6 is 0 Å². The largest absolute Gasteiger partial charge is 0.511 e. The minimum Gasteiger partial charge on any atom is -0.449 e. The van der Waals surface area contributed by atoms with Crippen LogP contribution in [0.4, 0.5) is 15.3 Å². The van der Waals surface area contributed by atoms with Crippen LogP contribution in [0.1, 0.15) is 11.4 Å². The van der Waals surface area contributed by atoms with E-state index < -0.39 is 17.2 Å². The summed E-state index contributed by atoms with van der Waals surface area (Å²) in [6.45, 7) is 2.85. The molecule has 0 fully saturated rings. The summed E-state index contributed by atoms with van der Waals surface area (Å²) in [6, 6.07) is 5.41. The Labute approximate surface area is 140 Å². The zero-order chi connectivity index (χ0) is 18.7. The lowest BCUT2D eigenvalue weighted by Gasteiger charge is -2.16. The molecule has 1 heterocycles. The molecule has 10 nitrogen and oxygen atoms in total. The molecule has 2 rings (SSSR count). The molecule has 2 aromatic rings. The molecule has 0 atom stereocenters. The number of benzene rings is 1. The number of ether oxygens (including phenoxy) is 2. The number of hydrogen-bond donors (Lipinski definition) is 2. The van der Waals surface area contributed by atoms with Crippen LogP contribution in [0.15, 0.2) is 24.3 Å². The van der Waals surface area contributed by atoms with E-state index in [0.717, 1.165) is 0 Å². The Morgan fingerprint density at radius 1 is 1.04 bits per heavy atom. The van der Waals surface area contributed by atoms with Gasteiger partial charge in [0.25, 0.3) is 5.69 Å². The number of aryl methyl sites for hydroxylation is 2. The van der Waals surface area contributed by atoms with Crippen LogP contribution in [0.2, 0.25) is 0 Å². The Hall–Kier alpha value is -3.69. The van der Waals surface area contributed by atoms with E-state index in [2.05, 4.69) is 4.98 Å². The minimum absolute atomic E-state index is 0.0615. The van der Waals surface area contributed by atoms with E-state index in [9.17, 15) is 19.7 Å². The van der Waals surface area contributed by atoms with Crippen LogP contribution in [0.25, 0.3) is 11.1 Å². The van der Waals surface area contributed by atoms with E-state index in [-0.39, 0.29) is 39.7 Å². The Morgan fingerprint density at radius 3 is 1.96 bits per heavy atom. The summed E-state index contributed by atoms with van der Waals surface area (Å²) >= 11 is 0. The fourth-order valence-electron chi connectivity index (χ4n) is 2.33. The maximum atomic E-state index is 11.3. The molecular weight excluding hydrogens is 336 g/mol. The second kappa shape index (κ2) is 6.83. The number of rotatable bonds is 4. The quantitative estimate of drug-likeness (QED) is 0.481. The number of carbonyl (C=O) groups is 2. The Morgan fingerprint density at radius 2 is 1.52 bits per heavy atom. The standard InChI is InChI=1S/C15H12N2O8/c1-7-12(24-14(18)19)11(13(8(2)16-7)25-15(20)21)9-5-3-4-6-10(9)17(22)23/h3-6H,1-2H3,(H,18,19)(H,20,21). The summed E-state index contributed by atoms with van der Waals surface area (Å²) in [6.07, 6.45) is -3.37. The minimum atomic E-state index is -1.69.